The highest BCUT2D eigenvalue weighted by Gasteiger charge is 2.10. The van der Waals surface area contributed by atoms with E-state index in [1.165, 1.54) is 0 Å². The van der Waals surface area contributed by atoms with E-state index in [9.17, 15) is 4.79 Å². The van der Waals surface area contributed by atoms with E-state index in [-0.39, 0.29) is 6.42 Å². The third-order valence-corrected chi connectivity index (χ3v) is 5.18. The third kappa shape index (κ3) is 7.17. The van der Waals surface area contributed by atoms with Crippen molar-refractivity contribution in [1.29, 1.82) is 0 Å². The average molecular weight is 447 g/mol. The first-order valence-corrected chi connectivity index (χ1v) is 11.1. The highest BCUT2D eigenvalue weighted by Crippen LogP contribution is 2.22. The number of oxime groups is 1. The summed E-state index contributed by atoms with van der Waals surface area (Å²) in [6, 6.07) is 17.7. The summed E-state index contributed by atoms with van der Waals surface area (Å²) in [5, 5.41) is 13.4. The minimum atomic E-state index is -0.862. The highest BCUT2D eigenvalue weighted by molar-refractivity contribution is 6.00. The highest BCUT2D eigenvalue weighted by atomic mass is 16.6. The number of pyridine rings is 1. The molecule has 1 N–H and O–H groups in total. The number of hydrogen-bond donors (Lipinski definition) is 1. The molecule has 0 saturated heterocycles. The first-order valence-electron chi connectivity index (χ1n) is 11.1. The van der Waals surface area contributed by atoms with E-state index in [1.54, 1.807) is 24.5 Å². The molecule has 0 fully saturated rings. The Hall–Kier alpha value is -3.67. The monoisotopic (exact) mass is 446 g/mol. The van der Waals surface area contributed by atoms with Crippen molar-refractivity contribution < 1.29 is 19.5 Å². The molecular formula is C27H30N2O4. The van der Waals surface area contributed by atoms with Crippen LogP contribution in [0.5, 0.6) is 5.75 Å². The number of benzene rings is 2. The van der Waals surface area contributed by atoms with Crippen LogP contribution in [0.1, 0.15) is 37.0 Å². The first-order chi connectivity index (χ1) is 15.9. The van der Waals surface area contributed by atoms with Crippen LogP contribution >= 0.6 is 0 Å². The summed E-state index contributed by atoms with van der Waals surface area (Å²) < 4.78 is 5.80. The molecule has 33 heavy (non-hydrogen) atoms. The van der Waals surface area contributed by atoms with Gasteiger partial charge in [0.2, 0.25) is 0 Å². The van der Waals surface area contributed by atoms with Gasteiger partial charge in [0.15, 0.2) is 6.61 Å². The van der Waals surface area contributed by atoms with Crippen LogP contribution < -0.4 is 4.74 Å². The van der Waals surface area contributed by atoms with Gasteiger partial charge in [0.05, 0.1) is 12.1 Å². The lowest BCUT2D eigenvalue weighted by atomic mass is 9.98. The molecule has 0 saturated carbocycles. The number of ether oxygens (including phenoxy) is 1. The van der Waals surface area contributed by atoms with Crippen LogP contribution in [0.15, 0.2) is 72.1 Å². The molecule has 0 atom stereocenters. The molecule has 0 radical (unpaired) electrons. The molecule has 0 aliphatic carbocycles. The van der Waals surface area contributed by atoms with Gasteiger partial charge in [-0.2, -0.15) is 0 Å². The topological polar surface area (TPSA) is 81.0 Å². The second kappa shape index (κ2) is 11.8. The summed E-state index contributed by atoms with van der Waals surface area (Å²) in [5.41, 5.74) is 5.74. The Bertz CT molecular complexity index is 1080. The fraction of sp³-hybridized carbons (Fsp3) is 0.296. The molecule has 1 aromatic heterocycles. The number of aliphatic carboxylic acids is 1. The lowest BCUT2D eigenvalue weighted by Crippen LogP contribution is -2.10. The fourth-order valence-electron chi connectivity index (χ4n) is 3.48. The zero-order chi connectivity index (χ0) is 23.6. The minimum absolute atomic E-state index is 0.0255. The van der Waals surface area contributed by atoms with Gasteiger partial charge in [0.25, 0.3) is 0 Å². The van der Waals surface area contributed by atoms with Gasteiger partial charge >= 0.3 is 5.97 Å². The molecule has 1 heterocycles. The smallest absolute Gasteiger partial charge is 0.307 e. The molecule has 3 rings (SSSR count). The number of carboxylic acids is 1. The van der Waals surface area contributed by atoms with Crippen molar-refractivity contribution in [3.05, 3.63) is 83.7 Å². The van der Waals surface area contributed by atoms with Crippen molar-refractivity contribution in [3.8, 4) is 16.9 Å². The molecule has 2 aromatic carbocycles. The summed E-state index contributed by atoms with van der Waals surface area (Å²) in [6.45, 7) is 6.77. The average Bonchev–Trinajstić information content (AvgIpc) is 2.80. The summed E-state index contributed by atoms with van der Waals surface area (Å²) in [6.07, 6.45) is 4.34. The van der Waals surface area contributed by atoms with E-state index in [0.717, 1.165) is 39.9 Å². The number of carboxylic acid groups (broad SMARTS) is 1. The number of carbonyl (C=O) groups is 1. The van der Waals surface area contributed by atoms with Crippen LogP contribution in [0.4, 0.5) is 0 Å². The van der Waals surface area contributed by atoms with E-state index in [0.29, 0.717) is 24.9 Å². The Morgan fingerprint density at radius 1 is 1.00 bits per heavy atom. The van der Waals surface area contributed by atoms with Crippen LogP contribution in [0.2, 0.25) is 0 Å². The van der Waals surface area contributed by atoms with Crippen LogP contribution in [0.25, 0.3) is 11.1 Å². The van der Waals surface area contributed by atoms with Crippen LogP contribution in [-0.4, -0.2) is 35.0 Å². The Morgan fingerprint density at radius 3 is 2.36 bits per heavy atom. The van der Waals surface area contributed by atoms with Gasteiger partial charge in [-0.1, -0.05) is 55.4 Å². The third-order valence-electron chi connectivity index (χ3n) is 5.18. The Morgan fingerprint density at radius 2 is 1.70 bits per heavy atom. The summed E-state index contributed by atoms with van der Waals surface area (Å²) in [5.74, 6) is 0.234. The molecule has 0 unspecified atom stereocenters. The van der Waals surface area contributed by atoms with E-state index < -0.39 is 5.97 Å². The summed E-state index contributed by atoms with van der Waals surface area (Å²) in [7, 11) is 0. The van der Waals surface area contributed by atoms with Gasteiger partial charge in [-0.05, 0) is 65.3 Å². The second-order valence-electron chi connectivity index (χ2n) is 8.24. The molecule has 6 nitrogen and oxygen atoms in total. The molecule has 172 valence electrons. The predicted octanol–water partition coefficient (Wildman–Crippen LogP) is 5.53. The standard InChI is InChI=1S/C27H30N2O4/c1-19(2)17-25(23-9-7-21(8-10-23)22-11-13-28-14-12-22)29-33-16-15-32-26-6-4-5-24(20(26)3)18-27(30)31/h4-14,19H,15-18H2,1-3H3,(H,30,31)/b29-25+. The molecule has 6 heteroatoms. The second-order valence-corrected chi connectivity index (χ2v) is 8.24. The van der Waals surface area contributed by atoms with Crippen molar-refractivity contribution in [3.63, 3.8) is 0 Å². The number of hydrogen-bond acceptors (Lipinski definition) is 5. The fourth-order valence-corrected chi connectivity index (χ4v) is 3.48. The first kappa shape index (κ1) is 24.0. The van der Waals surface area contributed by atoms with Crippen molar-refractivity contribution >= 4 is 11.7 Å². The van der Waals surface area contributed by atoms with Gasteiger partial charge in [-0.3, -0.25) is 9.78 Å². The molecule has 0 bridgehead atoms. The van der Waals surface area contributed by atoms with Crippen LogP contribution in [0, 0.1) is 12.8 Å². The molecular weight excluding hydrogens is 416 g/mol. The van der Waals surface area contributed by atoms with Crippen molar-refractivity contribution in [1.82, 2.24) is 4.98 Å². The lowest BCUT2D eigenvalue weighted by molar-refractivity contribution is -0.136. The maximum atomic E-state index is 11.0. The van der Waals surface area contributed by atoms with E-state index in [1.807, 2.05) is 25.1 Å². The van der Waals surface area contributed by atoms with E-state index in [2.05, 4.69) is 48.3 Å². The Labute approximate surface area is 194 Å². The van der Waals surface area contributed by atoms with Gasteiger partial charge in [0, 0.05) is 12.4 Å². The molecule has 0 aliphatic heterocycles. The zero-order valence-electron chi connectivity index (χ0n) is 19.3. The van der Waals surface area contributed by atoms with Crippen LogP contribution in [-0.2, 0) is 16.1 Å². The summed E-state index contributed by atoms with van der Waals surface area (Å²) >= 11 is 0. The quantitative estimate of drug-likeness (QED) is 0.238. The normalized spacial score (nSPS) is 11.5. The number of nitrogens with zero attached hydrogens (tertiary/aromatic N) is 2. The minimum Gasteiger partial charge on any atom is -0.490 e. The lowest BCUT2D eigenvalue weighted by Gasteiger charge is -2.12. The van der Waals surface area contributed by atoms with Crippen molar-refractivity contribution in [2.24, 2.45) is 11.1 Å². The van der Waals surface area contributed by atoms with E-state index in [4.69, 9.17) is 14.7 Å². The van der Waals surface area contributed by atoms with Crippen molar-refractivity contribution in [2.45, 2.75) is 33.6 Å². The molecule has 0 spiro atoms. The van der Waals surface area contributed by atoms with Crippen LogP contribution in [0.3, 0.4) is 0 Å². The van der Waals surface area contributed by atoms with Gasteiger partial charge < -0.3 is 14.7 Å². The molecule has 0 amide bonds. The van der Waals surface area contributed by atoms with E-state index >= 15 is 0 Å². The molecule has 0 aliphatic rings. The Kier molecular flexibility index (Phi) is 8.58. The van der Waals surface area contributed by atoms with Gasteiger partial charge in [-0.25, -0.2) is 0 Å². The number of rotatable bonds is 11. The number of aromatic nitrogens is 1. The van der Waals surface area contributed by atoms with Gasteiger partial charge in [-0.15, -0.1) is 0 Å². The van der Waals surface area contributed by atoms with Gasteiger partial charge in [0.1, 0.15) is 12.4 Å². The summed E-state index contributed by atoms with van der Waals surface area (Å²) in [4.78, 5) is 20.7. The zero-order valence-corrected chi connectivity index (χ0v) is 19.3. The maximum absolute atomic E-state index is 11.0. The SMILES string of the molecule is Cc1c(CC(=O)O)cccc1OCCO/N=C(\CC(C)C)c1ccc(-c2ccncc2)cc1. The predicted molar refractivity (Wildman–Crippen MR) is 130 cm³/mol. The molecule has 3 aromatic rings. The maximum Gasteiger partial charge on any atom is 0.307 e. The Balaban J connectivity index is 1.61. The van der Waals surface area contributed by atoms with Crippen molar-refractivity contribution in [2.75, 3.05) is 13.2 Å². The largest absolute Gasteiger partial charge is 0.490 e.